The lowest BCUT2D eigenvalue weighted by molar-refractivity contribution is -0.131. The number of carbonyl (C=O) groups is 1. The van der Waals surface area contributed by atoms with Gasteiger partial charge >= 0.3 is 5.97 Å². The first-order valence-electron chi connectivity index (χ1n) is 11.0. The van der Waals surface area contributed by atoms with Gasteiger partial charge < -0.3 is 9.84 Å². The van der Waals surface area contributed by atoms with Crippen LogP contribution in [0.15, 0.2) is 35.9 Å². The quantitative estimate of drug-likeness (QED) is 0.422. The van der Waals surface area contributed by atoms with E-state index in [9.17, 15) is 4.79 Å². The number of fused-ring (bicyclic) bond motifs is 1. The number of hydrogen-bond acceptors (Lipinski definition) is 2. The van der Waals surface area contributed by atoms with Gasteiger partial charge in [-0.3, -0.25) is 0 Å². The molecule has 0 spiro atoms. The van der Waals surface area contributed by atoms with Crippen molar-refractivity contribution in [3.63, 3.8) is 0 Å². The van der Waals surface area contributed by atoms with Crippen LogP contribution in [0.3, 0.4) is 0 Å². The molecule has 1 aromatic rings. The smallest absolute Gasteiger partial charge is 0.328 e. The van der Waals surface area contributed by atoms with E-state index in [0.29, 0.717) is 11.8 Å². The van der Waals surface area contributed by atoms with Gasteiger partial charge in [-0.15, -0.1) is 0 Å². The standard InChI is InChI=1S/C26H36O3/c1-7-12-29-23-16-22-21(25(3,4)10-11-26(22,5)6)15-20(23)19-14-18(19)9-8-17(2)13-24(27)28/h8-9,13,15-16,18-19H,7,10-12,14H2,1-6H3,(H,27,28)/b9-8+,17-13+/t18-,19+/m0/s1. The Labute approximate surface area is 175 Å². The number of ether oxygens (including phenoxy) is 1. The molecule has 2 atom stereocenters. The molecule has 3 heteroatoms. The fraction of sp³-hybridized carbons (Fsp3) is 0.577. The first kappa shape index (κ1) is 21.7. The summed E-state index contributed by atoms with van der Waals surface area (Å²) in [6, 6.07) is 4.76. The van der Waals surface area contributed by atoms with E-state index >= 15 is 0 Å². The largest absolute Gasteiger partial charge is 0.493 e. The lowest BCUT2D eigenvalue weighted by Gasteiger charge is -2.42. The van der Waals surface area contributed by atoms with E-state index in [1.807, 2.05) is 13.0 Å². The maximum atomic E-state index is 10.8. The van der Waals surface area contributed by atoms with Gasteiger partial charge in [0.15, 0.2) is 0 Å². The molecular weight excluding hydrogens is 360 g/mol. The van der Waals surface area contributed by atoms with Crippen molar-refractivity contribution in [2.24, 2.45) is 5.92 Å². The summed E-state index contributed by atoms with van der Waals surface area (Å²) in [6.45, 7) is 14.1. The molecule has 158 valence electrons. The van der Waals surface area contributed by atoms with Gasteiger partial charge in [0.2, 0.25) is 0 Å². The predicted molar refractivity (Wildman–Crippen MR) is 119 cm³/mol. The molecule has 1 fully saturated rings. The van der Waals surface area contributed by atoms with Gasteiger partial charge in [0.1, 0.15) is 5.75 Å². The highest BCUT2D eigenvalue weighted by molar-refractivity contribution is 5.81. The third-order valence-electron chi connectivity index (χ3n) is 6.64. The Morgan fingerprint density at radius 3 is 2.38 bits per heavy atom. The summed E-state index contributed by atoms with van der Waals surface area (Å²) in [7, 11) is 0. The number of carboxylic acid groups (broad SMARTS) is 1. The minimum absolute atomic E-state index is 0.176. The monoisotopic (exact) mass is 396 g/mol. The topological polar surface area (TPSA) is 46.5 Å². The zero-order valence-electron chi connectivity index (χ0n) is 18.8. The second-order valence-corrected chi connectivity index (χ2v) is 10.1. The van der Waals surface area contributed by atoms with E-state index in [1.165, 1.54) is 35.6 Å². The molecule has 0 saturated heterocycles. The number of benzene rings is 1. The average molecular weight is 397 g/mol. The summed E-state index contributed by atoms with van der Waals surface area (Å²) in [5, 5.41) is 8.89. The molecule has 1 saturated carbocycles. The zero-order valence-corrected chi connectivity index (χ0v) is 18.8. The van der Waals surface area contributed by atoms with Crippen LogP contribution in [-0.4, -0.2) is 17.7 Å². The molecule has 1 N–H and O–H groups in total. The Kier molecular flexibility index (Phi) is 5.98. The molecule has 2 aliphatic rings. The molecule has 2 aliphatic carbocycles. The van der Waals surface area contributed by atoms with E-state index in [0.717, 1.165) is 30.8 Å². The maximum Gasteiger partial charge on any atom is 0.328 e. The Morgan fingerprint density at radius 2 is 1.79 bits per heavy atom. The van der Waals surface area contributed by atoms with E-state index in [1.54, 1.807) is 0 Å². The van der Waals surface area contributed by atoms with Crippen molar-refractivity contribution in [2.75, 3.05) is 6.61 Å². The third-order valence-corrected chi connectivity index (χ3v) is 6.64. The summed E-state index contributed by atoms with van der Waals surface area (Å²) >= 11 is 0. The van der Waals surface area contributed by atoms with E-state index in [2.05, 4.69) is 52.8 Å². The molecule has 0 unspecified atom stereocenters. The predicted octanol–water partition coefficient (Wildman–Crippen LogP) is 6.52. The third kappa shape index (κ3) is 4.76. The van der Waals surface area contributed by atoms with Crippen LogP contribution in [0.4, 0.5) is 0 Å². The molecule has 0 radical (unpaired) electrons. The van der Waals surface area contributed by atoms with Crippen molar-refractivity contribution >= 4 is 5.97 Å². The van der Waals surface area contributed by atoms with E-state index < -0.39 is 5.97 Å². The van der Waals surface area contributed by atoms with Crippen LogP contribution < -0.4 is 4.74 Å². The van der Waals surface area contributed by atoms with Crippen molar-refractivity contribution in [3.8, 4) is 5.75 Å². The van der Waals surface area contributed by atoms with Gasteiger partial charge in [0, 0.05) is 6.08 Å². The van der Waals surface area contributed by atoms with E-state index in [-0.39, 0.29) is 10.8 Å². The fourth-order valence-electron chi connectivity index (χ4n) is 4.54. The van der Waals surface area contributed by atoms with Crippen molar-refractivity contribution < 1.29 is 14.6 Å². The normalized spacial score (nSPS) is 25.0. The van der Waals surface area contributed by atoms with Gasteiger partial charge in [0.05, 0.1) is 6.61 Å². The van der Waals surface area contributed by atoms with Gasteiger partial charge in [-0.05, 0) is 83.6 Å². The van der Waals surface area contributed by atoms with Crippen molar-refractivity contribution in [3.05, 3.63) is 52.6 Å². The fourth-order valence-corrected chi connectivity index (χ4v) is 4.54. The second-order valence-electron chi connectivity index (χ2n) is 10.1. The van der Waals surface area contributed by atoms with Gasteiger partial charge in [-0.1, -0.05) is 52.8 Å². The van der Waals surface area contributed by atoms with Gasteiger partial charge in [0.25, 0.3) is 0 Å². The number of allylic oxidation sites excluding steroid dienone is 3. The summed E-state index contributed by atoms with van der Waals surface area (Å²) in [5.41, 5.74) is 5.39. The highest BCUT2D eigenvalue weighted by Crippen LogP contribution is 2.55. The van der Waals surface area contributed by atoms with Gasteiger partial charge in [-0.25, -0.2) is 4.79 Å². The first-order chi connectivity index (χ1) is 13.5. The van der Waals surface area contributed by atoms with Crippen LogP contribution in [-0.2, 0) is 15.6 Å². The van der Waals surface area contributed by atoms with Crippen molar-refractivity contribution in [1.29, 1.82) is 0 Å². The van der Waals surface area contributed by atoms with Crippen molar-refractivity contribution in [2.45, 2.75) is 84.0 Å². The number of rotatable bonds is 7. The SMILES string of the molecule is CCCOc1cc2c(cc1[C@@H]1C[C@@H]1/C=C/C(C)=C/C(=O)O)C(C)(C)CCC2(C)C. The minimum Gasteiger partial charge on any atom is -0.493 e. The molecule has 0 aromatic heterocycles. The van der Waals surface area contributed by atoms with E-state index in [4.69, 9.17) is 9.84 Å². The summed E-state index contributed by atoms with van der Waals surface area (Å²) in [4.78, 5) is 10.8. The number of carboxylic acids is 1. The lowest BCUT2D eigenvalue weighted by Crippen LogP contribution is -2.34. The molecule has 0 amide bonds. The van der Waals surface area contributed by atoms with Crippen LogP contribution in [0.2, 0.25) is 0 Å². The number of hydrogen-bond donors (Lipinski definition) is 1. The second kappa shape index (κ2) is 8.01. The Hall–Kier alpha value is -2.03. The molecule has 1 aromatic carbocycles. The molecule has 0 heterocycles. The molecule has 29 heavy (non-hydrogen) atoms. The summed E-state index contributed by atoms with van der Waals surface area (Å²) in [6.07, 6.45) is 9.86. The average Bonchev–Trinajstić information content (AvgIpc) is 3.40. The van der Waals surface area contributed by atoms with Gasteiger partial charge in [-0.2, -0.15) is 0 Å². The van der Waals surface area contributed by atoms with Crippen LogP contribution in [0.25, 0.3) is 0 Å². The van der Waals surface area contributed by atoms with Crippen LogP contribution >= 0.6 is 0 Å². The molecule has 0 bridgehead atoms. The zero-order chi connectivity index (χ0) is 21.4. The molecular formula is C26H36O3. The van der Waals surface area contributed by atoms with Crippen LogP contribution in [0.1, 0.15) is 89.8 Å². The Morgan fingerprint density at radius 1 is 1.17 bits per heavy atom. The Bertz CT molecular complexity index is 842. The molecule has 0 aliphatic heterocycles. The van der Waals surface area contributed by atoms with Crippen molar-refractivity contribution in [1.82, 2.24) is 0 Å². The summed E-state index contributed by atoms with van der Waals surface area (Å²) < 4.78 is 6.23. The first-order valence-corrected chi connectivity index (χ1v) is 11.0. The highest BCUT2D eigenvalue weighted by Gasteiger charge is 2.42. The lowest BCUT2D eigenvalue weighted by atomic mass is 9.62. The van der Waals surface area contributed by atoms with Crippen LogP contribution in [0.5, 0.6) is 5.75 Å². The number of aliphatic carboxylic acids is 1. The Balaban J connectivity index is 1.94. The highest BCUT2D eigenvalue weighted by atomic mass is 16.5. The maximum absolute atomic E-state index is 10.8. The molecule has 3 rings (SSSR count). The minimum atomic E-state index is -0.894. The summed E-state index contributed by atoms with van der Waals surface area (Å²) in [5.74, 6) is 1.07. The van der Waals surface area contributed by atoms with Crippen LogP contribution in [0, 0.1) is 5.92 Å². The molecule has 3 nitrogen and oxygen atoms in total.